The molecule has 6 heteroatoms. The molecule has 1 N–H and O–H groups in total. The normalized spacial score (nSPS) is 14.3. The summed E-state index contributed by atoms with van der Waals surface area (Å²) in [5, 5.41) is 6.58. The maximum atomic E-state index is 11.2. The van der Waals surface area contributed by atoms with Crippen molar-refractivity contribution in [1.82, 2.24) is 20.2 Å². The number of hydrogen-bond donors (Lipinski definition) is 1. The number of aryl methyl sites for hydroxylation is 1. The van der Waals surface area contributed by atoms with Crippen molar-refractivity contribution >= 4 is 5.95 Å². The summed E-state index contributed by atoms with van der Waals surface area (Å²) >= 11 is 0. The van der Waals surface area contributed by atoms with E-state index in [1.54, 1.807) is 12.3 Å². The summed E-state index contributed by atoms with van der Waals surface area (Å²) in [4.78, 5) is 22.1. The Morgan fingerprint density at radius 1 is 1.47 bits per heavy atom. The molecule has 2 aromatic heterocycles. The lowest BCUT2D eigenvalue weighted by Gasteiger charge is -2.27. The molecule has 0 bridgehead atoms. The van der Waals surface area contributed by atoms with Gasteiger partial charge < -0.3 is 4.90 Å². The van der Waals surface area contributed by atoms with Crippen LogP contribution < -0.4 is 10.5 Å². The predicted molar refractivity (Wildman–Crippen MR) is 71.0 cm³/mol. The number of nitrogens with zero attached hydrogens (tertiary/aromatic N) is 4. The van der Waals surface area contributed by atoms with Gasteiger partial charge in [0.15, 0.2) is 0 Å². The molecule has 1 aliphatic heterocycles. The molecule has 2 aromatic rings. The van der Waals surface area contributed by atoms with E-state index >= 15 is 0 Å². The molecule has 0 atom stereocenters. The minimum Gasteiger partial charge on any atom is -0.335 e. The van der Waals surface area contributed by atoms with Crippen LogP contribution in [0, 0.1) is 0 Å². The van der Waals surface area contributed by atoms with Gasteiger partial charge in [-0.2, -0.15) is 5.10 Å². The Balaban J connectivity index is 1.88. The second-order valence-corrected chi connectivity index (χ2v) is 4.58. The zero-order chi connectivity index (χ0) is 13.2. The van der Waals surface area contributed by atoms with Crippen LogP contribution in [0.4, 0.5) is 5.95 Å². The standard InChI is InChI=1S/C13H15N5O/c1-2-10-3-5-14-13(15-10)18-6-4-9-7-12(19)17-16-11(9)8-18/h3,5,7H,2,4,6,8H2,1H3,(H,17,19). The zero-order valence-corrected chi connectivity index (χ0v) is 10.8. The highest BCUT2D eigenvalue weighted by Crippen LogP contribution is 2.18. The van der Waals surface area contributed by atoms with Crippen molar-refractivity contribution < 1.29 is 0 Å². The number of aromatic amines is 1. The quantitative estimate of drug-likeness (QED) is 0.856. The Morgan fingerprint density at radius 2 is 2.37 bits per heavy atom. The maximum absolute atomic E-state index is 11.2. The highest BCUT2D eigenvalue weighted by atomic mass is 16.1. The van der Waals surface area contributed by atoms with E-state index in [1.807, 2.05) is 6.07 Å². The monoisotopic (exact) mass is 257 g/mol. The van der Waals surface area contributed by atoms with E-state index in [-0.39, 0.29) is 5.56 Å². The lowest BCUT2D eigenvalue weighted by Crippen LogP contribution is -2.34. The second kappa shape index (κ2) is 4.79. The first kappa shape index (κ1) is 11.8. The summed E-state index contributed by atoms with van der Waals surface area (Å²) in [5.74, 6) is 0.734. The molecule has 0 unspecified atom stereocenters. The minimum absolute atomic E-state index is 0.142. The van der Waals surface area contributed by atoms with Crippen LogP contribution in [0.1, 0.15) is 23.9 Å². The molecule has 3 rings (SSSR count). The van der Waals surface area contributed by atoms with E-state index in [1.165, 1.54) is 0 Å². The van der Waals surface area contributed by atoms with Gasteiger partial charge in [0.1, 0.15) is 0 Å². The topological polar surface area (TPSA) is 74.8 Å². The molecule has 0 aromatic carbocycles. The van der Waals surface area contributed by atoms with Crippen LogP contribution in [0.2, 0.25) is 0 Å². The fourth-order valence-electron chi connectivity index (χ4n) is 2.24. The summed E-state index contributed by atoms with van der Waals surface area (Å²) in [6.45, 7) is 3.52. The average Bonchev–Trinajstić information content (AvgIpc) is 2.46. The Labute approximate surface area is 110 Å². The molecule has 0 amide bonds. The molecule has 19 heavy (non-hydrogen) atoms. The first-order valence-corrected chi connectivity index (χ1v) is 6.40. The van der Waals surface area contributed by atoms with Gasteiger partial charge >= 0.3 is 0 Å². The SMILES string of the molecule is CCc1ccnc(N2CCc3cc(=O)[nH]nc3C2)n1. The highest BCUT2D eigenvalue weighted by Gasteiger charge is 2.20. The van der Waals surface area contributed by atoms with Gasteiger partial charge in [0.25, 0.3) is 5.56 Å². The van der Waals surface area contributed by atoms with Crippen LogP contribution in [0.15, 0.2) is 23.1 Å². The third-order valence-corrected chi connectivity index (χ3v) is 3.31. The second-order valence-electron chi connectivity index (χ2n) is 4.58. The first-order chi connectivity index (χ1) is 9.26. The molecule has 0 saturated heterocycles. The summed E-state index contributed by atoms with van der Waals surface area (Å²) in [7, 11) is 0. The van der Waals surface area contributed by atoms with E-state index in [4.69, 9.17) is 0 Å². The van der Waals surface area contributed by atoms with Crippen LogP contribution in [-0.2, 0) is 19.4 Å². The molecule has 98 valence electrons. The van der Waals surface area contributed by atoms with Gasteiger partial charge in [-0.25, -0.2) is 15.1 Å². The van der Waals surface area contributed by atoms with Gasteiger partial charge in [0.2, 0.25) is 5.95 Å². The van der Waals surface area contributed by atoms with Crippen molar-refractivity contribution in [2.75, 3.05) is 11.4 Å². The number of anilines is 1. The number of nitrogens with one attached hydrogen (secondary N) is 1. The van der Waals surface area contributed by atoms with Gasteiger partial charge in [-0.1, -0.05) is 6.92 Å². The first-order valence-electron chi connectivity index (χ1n) is 6.40. The van der Waals surface area contributed by atoms with Crippen LogP contribution in [0.3, 0.4) is 0 Å². The van der Waals surface area contributed by atoms with Crippen molar-refractivity contribution in [3.8, 4) is 0 Å². The third-order valence-electron chi connectivity index (χ3n) is 3.31. The minimum atomic E-state index is -0.142. The third kappa shape index (κ3) is 2.33. The smallest absolute Gasteiger partial charge is 0.264 e. The van der Waals surface area contributed by atoms with E-state index < -0.39 is 0 Å². The van der Waals surface area contributed by atoms with Crippen LogP contribution in [0.25, 0.3) is 0 Å². The van der Waals surface area contributed by atoms with Crippen LogP contribution in [0.5, 0.6) is 0 Å². The van der Waals surface area contributed by atoms with E-state index in [9.17, 15) is 4.79 Å². The summed E-state index contributed by atoms with van der Waals surface area (Å²) in [6.07, 6.45) is 3.48. The lowest BCUT2D eigenvalue weighted by atomic mass is 10.1. The molecule has 0 saturated carbocycles. The number of rotatable bonds is 2. The van der Waals surface area contributed by atoms with Gasteiger partial charge in [-0.3, -0.25) is 4.79 Å². The Kier molecular flexibility index (Phi) is 2.98. The summed E-state index contributed by atoms with van der Waals surface area (Å²) < 4.78 is 0. The molecule has 0 radical (unpaired) electrons. The molecule has 1 aliphatic rings. The van der Waals surface area contributed by atoms with Crippen molar-refractivity contribution in [2.24, 2.45) is 0 Å². The number of aromatic nitrogens is 4. The molecule has 0 fully saturated rings. The predicted octanol–water partition coefficient (Wildman–Crippen LogP) is 0.685. The zero-order valence-electron chi connectivity index (χ0n) is 10.8. The molecule has 0 spiro atoms. The molecular formula is C13H15N5O. The van der Waals surface area contributed by atoms with E-state index in [0.29, 0.717) is 6.54 Å². The Bertz CT molecular complexity index is 651. The summed E-state index contributed by atoms with van der Waals surface area (Å²) in [6, 6.07) is 3.56. The average molecular weight is 257 g/mol. The number of fused-ring (bicyclic) bond motifs is 1. The number of hydrogen-bond acceptors (Lipinski definition) is 5. The van der Waals surface area contributed by atoms with Crippen molar-refractivity contribution in [1.29, 1.82) is 0 Å². The molecular weight excluding hydrogens is 242 g/mol. The van der Waals surface area contributed by atoms with Gasteiger partial charge in [0.05, 0.1) is 12.2 Å². The maximum Gasteiger partial charge on any atom is 0.264 e. The fraction of sp³-hybridized carbons (Fsp3) is 0.385. The van der Waals surface area contributed by atoms with Crippen molar-refractivity contribution in [2.45, 2.75) is 26.3 Å². The summed E-state index contributed by atoms with van der Waals surface area (Å²) in [5.41, 5.74) is 2.81. The Morgan fingerprint density at radius 3 is 3.21 bits per heavy atom. The van der Waals surface area contributed by atoms with E-state index in [0.717, 1.165) is 42.3 Å². The largest absolute Gasteiger partial charge is 0.335 e. The van der Waals surface area contributed by atoms with Gasteiger partial charge in [0, 0.05) is 24.5 Å². The Hall–Kier alpha value is -2.24. The molecule has 6 nitrogen and oxygen atoms in total. The van der Waals surface area contributed by atoms with Crippen LogP contribution in [-0.4, -0.2) is 26.7 Å². The molecule has 0 aliphatic carbocycles. The molecule has 3 heterocycles. The van der Waals surface area contributed by atoms with Crippen LogP contribution >= 0.6 is 0 Å². The van der Waals surface area contributed by atoms with Gasteiger partial charge in [-0.15, -0.1) is 0 Å². The lowest BCUT2D eigenvalue weighted by molar-refractivity contribution is 0.668. The van der Waals surface area contributed by atoms with Crippen molar-refractivity contribution in [3.63, 3.8) is 0 Å². The van der Waals surface area contributed by atoms with Gasteiger partial charge in [-0.05, 0) is 24.5 Å². The highest BCUT2D eigenvalue weighted by molar-refractivity contribution is 5.36. The van der Waals surface area contributed by atoms with Crippen molar-refractivity contribution in [3.05, 3.63) is 45.6 Å². The fourth-order valence-corrected chi connectivity index (χ4v) is 2.24. The van der Waals surface area contributed by atoms with E-state index in [2.05, 4.69) is 32.0 Å². The number of H-pyrrole nitrogens is 1.